The monoisotopic (exact) mass is 1800 g/mol. The average Bonchev–Trinajstić information content (AvgIpc) is 0.807. The summed E-state index contributed by atoms with van der Waals surface area (Å²) >= 11 is 2.20. The van der Waals surface area contributed by atoms with Crippen LogP contribution in [0.15, 0.2) is 144 Å². The molecule has 0 spiro atoms. The lowest BCUT2D eigenvalue weighted by Crippen LogP contribution is -2.36. The van der Waals surface area contributed by atoms with Crippen LogP contribution in [-0.2, 0) is 83.7 Å². The molecule has 10 N–H and O–H groups in total. The molecule has 0 aliphatic rings. The molecule has 4 amide bonds. The number of hydrogen-bond donors (Lipinski definition) is 8. The van der Waals surface area contributed by atoms with E-state index in [0.717, 1.165) is 59.9 Å². The Morgan fingerprint density at radius 3 is 1.12 bits per heavy atom. The predicted molar refractivity (Wildman–Crippen MR) is 441 cm³/mol. The van der Waals surface area contributed by atoms with Gasteiger partial charge in [0.25, 0.3) is 11.4 Å². The minimum Gasteiger partial charge on any atom is -0.457 e. The summed E-state index contributed by atoms with van der Waals surface area (Å²) in [5, 5.41) is 37.9. The van der Waals surface area contributed by atoms with Crippen LogP contribution >= 0.6 is 23.5 Å². The number of thioether (sulfide) groups is 2. The third-order valence-corrected chi connectivity index (χ3v) is 17.9. The van der Waals surface area contributed by atoms with Gasteiger partial charge in [0, 0.05) is 116 Å². The van der Waals surface area contributed by atoms with Crippen LogP contribution in [-0.4, -0.2) is 112 Å². The number of anilines is 2. The van der Waals surface area contributed by atoms with E-state index < -0.39 is 139 Å². The van der Waals surface area contributed by atoms with Crippen molar-refractivity contribution in [1.82, 2.24) is 31.9 Å². The molecule has 0 saturated carbocycles. The minimum absolute atomic E-state index is 0.00523. The van der Waals surface area contributed by atoms with Gasteiger partial charge in [0.05, 0.1) is 44.2 Å². The molecule has 0 aliphatic heterocycles. The van der Waals surface area contributed by atoms with Crippen molar-refractivity contribution in [3.05, 3.63) is 199 Å². The van der Waals surface area contributed by atoms with E-state index in [9.17, 15) is 106 Å². The summed E-state index contributed by atoms with van der Waals surface area (Å²) in [7, 11) is 0. The van der Waals surface area contributed by atoms with E-state index in [2.05, 4.69) is 45.1 Å². The van der Waals surface area contributed by atoms with Crippen molar-refractivity contribution in [1.29, 1.82) is 0 Å². The normalized spacial score (nSPS) is 11.8. The molecular weight excluding hydrogens is 1700 g/mol. The Labute approximate surface area is 716 Å². The van der Waals surface area contributed by atoms with Gasteiger partial charge in [-0.25, -0.2) is 19.2 Å². The molecule has 0 unspecified atom stereocenters. The van der Waals surface area contributed by atoms with E-state index >= 15 is 0 Å². The molecule has 0 bridgehead atoms. The van der Waals surface area contributed by atoms with E-state index in [-0.39, 0.29) is 118 Å². The number of nitro groups is 2. The molecule has 0 heterocycles. The SMILES string of the molecule is C=C(NCCCCC(=O)Cc1cc(C(F)(F)F)cc(CC(=O)Cc2cccc(Oc3cc([N+](=O)[O-])cc(C(F)(F)F)c3)c2)c1SCCNC(=O)OC(C)(C)C)NC(=O)OC(C)(C)C.C=C(NCCCCC(=O)Cc1cc(C(F)(F)F)cc(N)c1SCCNC(=O)OC(C)(C)C)NC(=O)OC(C)(C)C.Nc1cccc(Oc2cc([N+](=O)[O-])cc(C(F)(F)F)c2)c1. The molecule has 680 valence electrons. The highest BCUT2D eigenvalue weighted by molar-refractivity contribution is 7.99. The van der Waals surface area contributed by atoms with Gasteiger partial charge in [0.15, 0.2) is 0 Å². The number of benzene rings is 6. The zero-order valence-corrected chi connectivity index (χ0v) is 71.6. The van der Waals surface area contributed by atoms with E-state index in [4.69, 9.17) is 39.9 Å². The van der Waals surface area contributed by atoms with Gasteiger partial charge < -0.3 is 61.2 Å². The Morgan fingerprint density at radius 1 is 0.395 bits per heavy atom. The lowest BCUT2D eigenvalue weighted by atomic mass is 9.95. The summed E-state index contributed by atoms with van der Waals surface area (Å²) in [4.78, 5) is 108. The highest BCUT2D eigenvalue weighted by Crippen LogP contribution is 2.42. The fourth-order valence-electron chi connectivity index (χ4n) is 10.6. The van der Waals surface area contributed by atoms with Gasteiger partial charge in [-0.1, -0.05) is 31.4 Å². The number of alkyl carbamates (subject to hydrolysis) is 4. The van der Waals surface area contributed by atoms with Crippen molar-refractivity contribution < 1.29 is 125 Å². The van der Waals surface area contributed by atoms with E-state index in [1.807, 2.05) is 0 Å². The van der Waals surface area contributed by atoms with Crippen LogP contribution in [0.2, 0.25) is 0 Å². The van der Waals surface area contributed by atoms with Crippen molar-refractivity contribution in [3.8, 4) is 23.0 Å². The predicted octanol–water partition coefficient (Wildman–Crippen LogP) is 20.0. The number of hydrogen-bond acceptors (Lipinski definition) is 23. The molecule has 0 radical (unpaired) electrons. The molecule has 0 fully saturated rings. The number of nitrogens with one attached hydrogen (secondary N) is 6. The minimum atomic E-state index is -4.92. The van der Waals surface area contributed by atoms with Crippen LogP contribution in [0.3, 0.4) is 0 Å². The number of unbranched alkanes of at least 4 members (excludes halogenated alkanes) is 2. The fraction of sp³-hybridized carbons (Fsp3) is 0.434. The van der Waals surface area contributed by atoms with E-state index in [0.29, 0.717) is 79.4 Å². The molecule has 6 rings (SSSR count). The molecule has 124 heavy (non-hydrogen) atoms. The van der Waals surface area contributed by atoms with Crippen molar-refractivity contribution in [3.63, 3.8) is 0 Å². The topological polar surface area (TPSA) is 385 Å². The number of carbonyl (C=O) groups excluding carboxylic acids is 7. The molecule has 6 aromatic rings. The molecule has 41 heteroatoms. The first-order chi connectivity index (χ1) is 57.1. The number of amides is 4. The summed E-state index contributed by atoms with van der Waals surface area (Å²) < 4.78 is 193. The quantitative estimate of drug-likeness (QED) is 0.00344. The van der Waals surface area contributed by atoms with Gasteiger partial charge in [-0.2, -0.15) is 52.7 Å². The molecule has 0 atom stereocenters. The number of ketones is 3. The van der Waals surface area contributed by atoms with Gasteiger partial charge in [-0.05, 0) is 192 Å². The van der Waals surface area contributed by atoms with E-state index in [1.165, 1.54) is 36.4 Å². The van der Waals surface area contributed by atoms with Crippen molar-refractivity contribution in [2.24, 2.45) is 0 Å². The maximum Gasteiger partial charge on any atom is 0.416 e. The Balaban J connectivity index is 0.000000446. The van der Waals surface area contributed by atoms with Gasteiger partial charge in [0.1, 0.15) is 74.4 Å². The third kappa shape index (κ3) is 41.5. The van der Waals surface area contributed by atoms with Gasteiger partial charge in [-0.15, -0.1) is 23.5 Å². The second kappa shape index (κ2) is 46.2. The van der Waals surface area contributed by atoms with Crippen molar-refractivity contribution in [2.45, 2.75) is 204 Å². The first-order valence-electron chi connectivity index (χ1n) is 38.0. The van der Waals surface area contributed by atoms with Crippen LogP contribution in [0.1, 0.15) is 166 Å². The Kier molecular flexibility index (Phi) is 39.0. The van der Waals surface area contributed by atoms with Gasteiger partial charge in [-0.3, -0.25) is 45.2 Å². The molecule has 0 saturated heterocycles. The summed E-state index contributed by atoms with van der Waals surface area (Å²) in [5.74, 6) is -1.00. The highest BCUT2D eigenvalue weighted by Gasteiger charge is 2.37. The number of non-ortho nitro benzene ring substituents is 2. The molecule has 27 nitrogen and oxygen atoms in total. The standard InChI is InChI=1S/C43H50F6N4O9S.C27H41F3N4O5S.C13H9F3N2O3/c1-26(52-39(57)62-41(5,6)7)50-14-9-8-12-33(54)21-28-19-30(42(44,45)46)20-29(37(28)63-16-15-51-38(56)61-40(2,3)4)22-34(55)17-27-11-10-13-35(18-27)60-36-24-31(43(47,48)49)23-32(25-36)53(58)59;1-17(34-24(37)39-26(5,6)7)32-11-9-8-10-20(35)15-18-14-19(27(28,29)30)16-21(31)22(18)40-13-12-33-23(36)38-25(2,3)4;14-13(15,16)8-4-10(18(19)20)7-12(5-8)21-11-3-1-2-9(17)6-11/h10-11,13,18-20,23-25,50H,1,8-9,12,14-17,21-22H2,2-7H3,(H,51,56)(H,52,57);14,16,32H,1,8-13,15,31H2,2-7H3,(H,33,36)(H,34,37);1-7H,17H2. The third-order valence-electron chi connectivity index (χ3n) is 15.5. The Morgan fingerprint density at radius 2 is 0.742 bits per heavy atom. The molecule has 0 aromatic heterocycles. The van der Waals surface area contributed by atoms with E-state index in [1.54, 1.807) is 95.2 Å². The van der Waals surface area contributed by atoms with Crippen LogP contribution in [0.25, 0.3) is 0 Å². The zero-order chi connectivity index (χ0) is 93.7. The maximum absolute atomic E-state index is 14.3. The smallest absolute Gasteiger partial charge is 0.416 e. The summed E-state index contributed by atoms with van der Waals surface area (Å²) in [5.41, 5.74) is 3.32. The molecule has 6 aromatic carbocycles. The number of nitrogen functional groups attached to an aromatic ring is 2. The number of carbonyl (C=O) groups is 7. The number of alkyl halides is 12. The molecular formula is C83H100F12N10O17S2. The number of ether oxygens (including phenoxy) is 6. The number of nitrogens with two attached hydrogens (primary N) is 2. The summed E-state index contributed by atoms with van der Waals surface area (Å²) in [6.07, 6.45) is -21.3. The lowest BCUT2D eigenvalue weighted by molar-refractivity contribution is -0.385. The summed E-state index contributed by atoms with van der Waals surface area (Å²) in [6.45, 7) is 28.8. The molecule has 0 aliphatic carbocycles. The number of Topliss-reactive ketones (excluding diaryl/α,β-unsaturated/α-hetero) is 3. The maximum atomic E-state index is 14.3. The van der Waals surface area contributed by atoms with Crippen LogP contribution < -0.4 is 52.8 Å². The zero-order valence-electron chi connectivity index (χ0n) is 70.0. The van der Waals surface area contributed by atoms with Crippen molar-refractivity contribution >= 4 is 88.0 Å². The number of nitro benzene ring substituents is 2. The fourth-order valence-corrected chi connectivity index (χ4v) is 12.6. The van der Waals surface area contributed by atoms with Crippen LogP contribution in [0.5, 0.6) is 23.0 Å². The number of halogens is 12. The van der Waals surface area contributed by atoms with Crippen LogP contribution in [0, 0.1) is 20.2 Å². The van der Waals surface area contributed by atoms with Crippen molar-refractivity contribution in [2.75, 3.05) is 49.2 Å². The number of rotatable bonds is 36. The number of nitrogens with zero attached hydrogens (tertiary/aromatic N) is 2. The highest BCUT2D eigenvalue weighted by atomic mass is 32.2. The first kappa shape index (κ1) is 105. The Bertz CT molecular complexity index is 4750. The average molecular weight is 1800 g/mol. The largest absolute Gasteiger partial charge is 0.457 e. The summed E-state index contributed by atoms with van der Waals surface area (Å²) in [6, 6.07) is 18.8. The lowest BCUT2D eigenvalue weighted by Gasteiger charge is -2.20. The second-order valence-electron chi connectivity index (χ2n) is 31.4. The van der Waals surface area contributed by atoms with Gasteiger partial charge >= 0.3 is 49.1 Å². The van der Waals surface area contributed by atoms with Gasteiger partial charge in [0.2, 0.25) is 0 Å². The van der Waals surface area contributed by atoms with Crippen LogP contribution in [0.4, 0.5) is 94.6 Å². The first-order valence-corrected chi connectivity index (χ1v) is 39.9. The second-order valence-corrected chi connectivity index (χ2v) is 33.6. The Hall–Kier alpha value is -11.7.